The summed E-state index contributed by atoms with van der Waals surface area (Å²) in [6, 6.07) is 13.0. The van der Waals surface area contributed by atoms with Gasteiger partial charge in [0.25, 0.3) is 5.89 Å². The number of nitrogens with zero attached hydrogens (tertiary/aromatic N) is 6. The van der Waals surface area contributed by atoms with E-state index >= 15 is 0 Å². The third kappa shape index (κ3) is 7.34. The van der Waals surface area contributed by atoms with E-state index in [9.17, 15) is 23.1 Å². The van der Waals surface area contributed by atoms with E-state index in [1.54, 1.807) is 57.2 Å². The molecule has 2 amide bonds. The molecule has 2 fully saturated rings. The van der Waals surface area contributed by atoms with Crippen LogP contribution in [0.4, 0.5) is 15.4 Å². The Balaban J connectivity index is 1.17. The van der Waals surface area contributed by atoms with Gasteiger partial charge in [0.2, 0.25) is 5.89 Å². The molecule has 16 heteroatoms. The van der Waals surface area contributed by atoms with Crippen molar-refractivity contribution in [1.29, 1.82) is 0 Å². The Morgan fingerprint density at radius 3 is 2.39 bits per heavy atom. The average Bonchev–Trinajstić information content (AvgIpc) is 3.58. The molecule has 2 aliphatic heterocycles. The summed E-state index contributed by atoms with van der Waals surface area (Å²) in [5.74, 6) is 0.298. The number of amides is 2. The Morgan fingerprint density at radius 1 is 1.00 bits per heavy atom. The molecule has 2 aliphatic rings. The van der Waals surface area contributed by atoms with Gasteiger partial charge in [-0.25, -0.2) is 28.0 Å². The number of hydrogen-bond donors (Lipinski definition) is 2. The summed E-state index contributed by atoms with van der Waals surface area (Å²) in [5, 5.41) is 17.1. The lowest BCUT2D eigenvalue weighted by atomic mass is 10.0. The van der Waals surface area contributed by atoms with Crippen molar-refractivity contribution in [2.75, 3.05) is 38.6 Å². The molecule has 258 valence electrons. The molecule has 0 radical (unpaired) electrons. The molecule has 4 aromatic rings. The predicted molar refractivity (Wildman–Crippen MR) is 177 cm³/mol. The molecular weight excluding hydrogens is 654 g/mol. The zero-order chi connectivity index (χ0) is 34.9. The number of nitrogens with two attached hydrogens (primary N) is 1. The first-order valence-electron chi connectivity index (χ1n) is 15.8. The van der Waals surface area contributed by atoms with Gasteiger partial charge in [0, 0.05) is 30.8 Å². The molecule has 2 atom stereocenters. The third-order valence-corrected chi connectivity index (χ3v) is 10.5. The summed E-state index contributed by atoms with van der Waals surface area (Å²) in [5.41, 5.74) is 7.98. The Hall–Kier alpha value is -5.09. The number of rotatable bonds is 6. The van der Waals surface area contributed by atoms with Crippen LogP contribution in [0, 0.1) is 0 Å². The van der Waals surface area contributed by atoms with E-state index in [1.807, 2.05) is 0 Å². The van der Waals surface area contributed by atoms with Gasteiger partial charge in [-0.3, -0.25) is 4.90 Å². The van der Waals surface area contributed by atoms with Crippen molar-refractivity contribution >= 4 is 27.8 Å². The molecule has 0 saturated carbocycles. The van der Waals surface area contributed by atoms with Crippen LogP contribution < -0.4 is 5.73 Å². The number of hydrogen-bond acceptors (Lipinski definition) is 12. The first kappa shape index (κ1) is 33.8. The number of aromatic nitrogens is 4. The number of benzene rings is 2. The fourth-order valence-corrected chi connectivity index (χ4v) is 7.53. The summed E-state index contributed by atoms with van der Waals surface area (Å²) >= 11 is 0. The Bertz CT molecular complexity index is 1940. The largest absolute Gasteiger partial charge is 0.465 e. The molecule has 2 aromatic carbocycles. The first-order chi connectivity index (χ1) is 23.3. The van der Waals surface area contributed by atoms with E-state index in [4.69, 9.17) is 19.6 Å². The zero-order valence-corrected chi connectivity index (χ0v) is 28.1. The monoisotopic (exact) mass is 691 g/mol. The standard InChI is InChI=1S/C33H37N7O8S/c1-33(2,3)48-32(43)39-14-4-5-24(18-39)49(44,45)23-12-10-20(11-13-23)25-17-35-28(34)27(36-25)30-38-37-29(47-30)22-8-6-21(7-9-22)26-19-46-16-15-40(26)31(41)42/h6-13,17,24,26H,4-5,14-16,18-19H2,1-3H3,(H2,34,35)(H,41,42). The molecule has 6 rings (SSSR count). The first-order valence-corrected chi connectivity index (χ1v) is 17.3. The molecule has 2 unspecified atom stereocenters. The SMILES string of the molecule is CC(C)(C)OC(=O)N1CCCC(S(=O)(=O)c2ccc(-c3cnc(N)c(-c4nnc(-c5ccc(C6COCCN6C(=O)O)cc5)o4)n3)cc2)C1. The van der Waals surface area contributed by atoms with E-state index in [1.165, 1.54) is 28.1 Å². The summed E-state index contributed by atoms with van der Waals surface area (Å²) in [6.45, 7) is 6.71. The van der Waals surface area contributed by atoms with Crippen LogP contribution in [0.1, 0.15) is 45.2 Å². The van der Waals surface area contributed by atoms with Crippen molar-refractivity contribution in [3.8, 4) is 34.3 Å². The minimum absolute atomic E-state index is 0.0368. The second kappa shape index (κ2) is 13.4. The van der Waals surface area contributed by atoms with Gasteiger partial charge >= 0.3 is 12.2 Å². The second-order valence-corrected chi connectivity index (χ2v) is 15.1. The molecule has 3 N–H and O–H groups in total. The van der Waals surface area contributed by atoms with E-state index in [-0.39, 0.29) is 47.9 Å². The molecule has 2 aromatic heterocycles. The van der Waals surface area contributed by atoms with E-state index in [0.717, 1.165) is 5.56 Å². The number of carbonyl (C=O) groups excluding carboxylic acids is 1. The van der Waals surface area contributed by atoms with Gasteiger partial charge in [0.15, 0.2) is 21.3 Å². The molecule has 2 saturated heterocycles. The molecule has 0 spiro atoms. The number of sulfone groups is 1. The normalized spacial score (nSPS) is 18.7. The van der Waals surface area contributed by atoms with Crippen molar-refractivity contribution in [1.82, 2.24) is 30.0 Å². The van der Waals surface area contributed by atoms with E-state index in [0.29, 0.717) is 42.8 Å². The quantitative estimate of drug-likeness (QED) is 0.283. The minimum Gasteiger partial charge on any atom is -0.465 e. The molecule has 4 heterocycles. The Kier molecular flexibility index (Phi) is 9.26. The molecule has 49 heavy (non-hydrogen) atoms. The Labute approximate surface area is 283 Å². The number of morpholine rings is 1. The van der Waals surface area contributed by atoms with Crippen molar-refractivity contribution in [2.45, 2.75) is 55.4 Å². The highest BCUT2D eigenvalue weighted by atomic mass is 32.2. The van der Waals surface area contributed by atoms with Crippen molar-refractivity contribution in [3.05, 3.63) is 60.3 Å². The minimum atomic E-state index is -3.74. The summed E-state index contributed by atoms with van der Waals surface area (Å²) in [7, 11) is -3.74. The van der Waals surface area contributed by atoms with Gasteiger partial charge in [-0.1, -0.05) is 24.3 Å². The van der Waals surface area contributed by atoms with Crippen LogP contribution in [0.15, 0.2) is 64.0 Å². The smallest absolute Gasteiger partial charge is 0.410 e. The van der Waals surface area contributed by atoms with Gasteiger partial charge < -0.3 is 29.6 Å². The zero-order valence-electron chi connectivity index (χ0n) is 27.3. The fourth-order valence-electron chi connectivity index (χ4n) is 5.78. The van der Waals surface area contributed by atoms with Crippen LogP contribution in [0.25, 0.3) is 34.3 Å². The summed E-state index contributed by atoms with van der Waals surface area (Å²) in [6.07, 6.45) is 0.924. The van der Waals surface area contributed by atoms with Gasteiger partial charge in [-0.15, -0.1) is 10.2 Å². The van der Waals surface area contributed by atoms with Crippen molar-refractivity contribution in [3.63, 3.8) is 0 Å². The lowest BCUT2D eigenvalue weighted by Crippen LogP contribution is -2.47. The number of nitrogen functional groups attached to an aromatic ring is 1. The molecular formula is C33H37N7O8S. The summed E-state index contributed by atoms with van der Waals surface area (Å²) in [4.78, 5) is 36.0. The lowest BCUT2D eigenvalue weighted by Gasteiger charge is -2.33. The highest BCUT2D eigenvalue weighted by Gasteiger charge is 2.35. The van der Waals surface area contributed by atoms with Crippen molar-refractivity contribution in [2.24, 2.45) is 0 Å². The Morgan fingerprint density at radius 2 is 1.69 bits per heavy atom. The third-order valence-electron chi connectivity index (χ3n) is 8.29. The number of anilines is 1. The summed E-state index contributed by atoms with van der Waals surface area (Å²) < 4.78 is 43.9. The van der Waals surface area contributed by atoms with Gasteiger partial charge in [0.05, 0.1) is 41.3 Å². The van der Waals surface area contributed by atoms with E-state index < -0.39 is 38.9 Å². The maximum absolute atomic E-state index is 13.5. The van der Waals surface area contributed by atoms with Gasteiger partial charge in [-0.2, -0.15) is 0 Å². The van der Waals surface area contributed by atoms with Crippen LogP contribution in [0.5, 0.6) is 0 Å². The van der Waals surface area contributed by atoms with Crippen LogP contribution in [-0.4, -0.2) is 99.4 Å². The topological polar surface area (TPSA) is 204 Å². The van der Waals surface area contributed by atoms with Crippen molar-refractivity contribution < 1.29 is 37.0 Å². The average molecular weight is 692 g/mol. The predicted octanol–water partition coefficient (Wildman–Crippen LogP) is 4.67. The molecule has 0 bridgehead atoms. The van der Waals surface area contributed by atoms with Crippen LogP contribution in [0.3, 0.4) is 0 Å². The maximum Gasteiger partial charge on any atom is 0.410 e. The highest BCUT2D eigenvalue weighted by Crippen LogP contribution is 2.31. The number of carbonyl (C=O) groups is 2. The molecule has 0 aliphatic carbocycles. The van der Waals surface area contributed by atoms with E-state index in [2.05, 4.69) is 20.2 Å². The van der Waals surface area contributed by atoms with Crippen LogP contribution in [-0.2, 0) is 19.3 Å². The van der Waals surface area contributed by atoms with Gasteiger partial charge in [-0.05, 0) is 63.4 Å². The second-order valence-electron chi connectivity index (χ2n) is 12.9. The number of carboxylic acid groups (broad SMARTS) is 1. The van der Waals surface area contributed by atoms with Crippen LogP contribution >= 0.6 is 0 Å². The number of likely N-dealkylation sites (tertiary alicyclic amines) is 1. The van der Waals surface area contributed by atoms with Gasteiger partial charge in [0.1, 0.15) is 5.60 Å². The van der Waals surface area contributed by atoms with Crippen LogP contribution in [0.2, 0.25) is 0 Å². The number of piperidine rings is 1. The number of ether oxygens (including phenoxy) is 2. The highest BCUT2D eigenvalue weighted by molar-refractivity contribution is 7.92. The molecule has 15 nitrogen and oxygen atoms in total. The lowest BCUT2D eigenvalue weighted by molar-refractivity contribution is -0.000895. The fraction of sp³-hybridized carbons (Fsp3) is 0.394. The maximum atomic E-state index is 13.5.